The van der Waals surface area contributed by atoms with E-state index in [0.29, 0.717) is 42.3 Å². The molecular formula is C19H29Cl2N3O3. The van der Waals surface area contributed by atoms with Gasteiger partial charge in [0.2, 0.25) is 5.91 Å². The van der Waals surface area contributed by atoms with Gasteiger partial charge in [0.1, 0.15) is 0 Å². The molecule has 0 spiro atoms. The standard InChI is InChI=1S/C19H28ClN3O3.ClH/c1-4-18(2,3)23-16(24)14-6-5-13(11-15(14)20)22-17(25)19(12-21)7-9-26-10-8-19;/h5-6,11H,4,7-10,12,21H2,1-3H3,(H,22,25)(H,23,24);1H. The van der Waals surface area contributed by atoms with Crippen LogP contribution in [0.4, 0.5) is 5.69 Å². The van der Waals surface area contributed by atoms with E-state index >= 15 is 0 Å². The fraction of sp³-hybridized carbons (Fsp3) is 0.579. The number of benzene rings is 1. The van der Waals surface area contributed by atoms with Gasteiger partial charge in [0.25, 0.3) is 5.91 Å². The molecule has 0 unspecified atom stereocenters. The third-order valence-corrected chi connectivity index (χ3v) is 5.44. The van der Waals surface area contributed by atoms with Crippen molar-refractivity contribution in [2.45, 2.75) is 45.6 Å². The number of hydrogen-bond donors (Lipinski definition) is 3. The Hall–Kier alpha value is -1.34. The second-order valence-electron chi connectivity index (χ2n) is 7.44. The van der Waals surface area contributed by atoms with Crippen LogP contribution in [-0.2, 0) is 9.53 Å². The van der Waals surface area contributed by atoms with Gasteiger partial charge in [0, 0.05) is 31.0 Å². The Morgan fingerprint density at radius 2 is 1.93 bits per heavy atom. The number of nitrogens with one attached hydrogen (secondary N) is 2. The molecule has 1 fully saturated rings. The van der Waals surface area contributed by atoms with Crippen molar-refractivity contribution < 1.29 is 14.3 Å². The van der Waals surface area contributed by atoms with Crippen molar-refractivity contribution in [3.05, 3.63) is 28.8 Å². The fourth-order valence-electron chi connectivity index (χ4n) is 2.79. The number of halogens is 2. The molecule has 1 aromatic carbocycles. The fourth-order valence-corrected chi connectivity index (χ4v) is 3.06. The van der Waals surface area contributed by atoms with Crippen LogP contribution in [0.3, 0.4) is 0 Å². The van der Waals surface area contributed by atoms with E-state index in [1.165, 1.54) is 0 Å². The van der Waals surface area contributed by atoms with Gasteiger partial charge in [0.15, 0.2) is 0 Å². The minimum absolute atomic E-state index is 0. The van der Waals surface area contributed by atoms with Gasteiger partial charge < -0.3 is 21.1 Å². The van der Waals surface area contributed by atoms with Crippen molar-refractivity contribution in [1.29, 1.82) is 0 Å². The zero-order valence-electron chi connectivity index (χ0n) is 16.1. The van der Waals surface area contributed by atoms with Crippen LogP contribution in [0.1, 0.15) is 50.4 Å². The average Bonchev–Trinajstić information content (AvgIpc) is 2.61. The van der Waals surface area contributed by atoms with Gasteiger partial charge in [0.05, 0.1) is 16.0 Å². The minimum atomic E-state index is -0.619. The summed E-state index contributed by atoms with van der Waals surface area (Å²) in [7, 11) is 0. The van der Waals surface area contributed by atoms with E-state index in [2.05, 4.69) is 10.6 Å². The van der Waals surface area contributed by atoms with Crippen LogP contribution in [0.2, 0.25) is 5.02 Å². The van der Waals surface area contributed by atoms with Crippen LogP contribution in [0.25, 0.3) is 0 Å². The minimum Gasteiger partial charge on any atom is -0.381 e. The monoisotopic (exact) mass is 417 g/mol. The van der Waals surface area contributed by atoms with Gasteiger partial charge >= 0.3 is 0 Å². The van der Waals surface area contributed by atoms with Crippen molar-refractivity contribution in [3.63, 3.8) is 0 Å². The molecule has 1 saturated heterocycles. The zero-order chi connectivity index (χ0) is 19.4. The van der Waals surface area contributed by atoms with Crippen LogP contribution < -0.4 is 16.4 Å². The lowest BCUT2D eigenvalue weighted by molar-refractivity contribution is -0.130. The highest BCUT2D eigenvalue weighted by Crippen LogP contribution is 2.31. The smallest absolute Gasteiger partial charge is 0.253 e. The lowest BCUT2D eigenvalue weighted by Gasteiger charge is -2.34. The summed E-state index contributed by atoms with van der Waals surface area (Å²) >= 11 is 6.28. The number of anilines is 1. The first kappa shape index (κ1) is 23.7. The van der Waals surface area contributed by atoms with E-state index in [-0.39, 0.29) is 36.3 Å². The van der Waals surface area contributed by atoms with Gasteiger partial charge in [-0.05, 0) is 51.3 Å². The lowest BCUT2D eigenvalue weighted by atomic mass is 9.79. The number of amides is 2. The number of ether oxygens (including phenoxy) is 1. The molecule has 0 atom stereocenters. The Balaban J connectivity index is 0.00000364. The molecule has 27 heavy (non-hydrogen) atoms. The number of carbonyl (C=O) groups is 2. The first-order valence-electron chi connectivity index (χ1n) is 8.94. The molecule has 2 rings (SSSR count). The van der Waals surface area contributed by atoms with Crippen LogP contribution in [0, 0.1) is 5.41 Å². The Labute approximate surface area is 172 Å². The lowest BCUT2D eigenvalue weighted by Crippen LogP contribution is -2.46. The summed E-state index contributed by atoms with van der Waals surface area (Å²) in [5, 5.41) is 6.12. The summed E-state index contributed by atoms with van der Waals surface area (Å²) in [6, 6.07) is 4.90. The Morgan fingerprint density at radius 3 is 2.44 bits per heavy atom. The Kier molecular flexibility index (Phi) is 8.54. The van der Waals surface area contributed by atoms with Crippen LogP contribution in [-0.4, -0.2) is 37.1 Å². The molecule has 0 saturated carbocycles. The summed E-state index contributed by atoms with van der Waals surface area (Å²) in [6.45, 7) is 7.23. The Morgan fingerprint density at radius 1 is 1.30 bits per heavy atom. The molecule has 4 N–H and O–H groups in total. The van der Waals surface area contributed by atoms with E-state index < -0.39 is 5.41 Å². The first-order valence-corrected chi connectivity index (χ1v) is 9.32. The first-order chi connectivity index (χ1) is 12.2. The third kappa shape index (κ3) is 5.82. The maximum atomic E-state index is 12.7. The highest BCUT2D eigenvalue weighted by Gasteiger charge is 2.38. The van der Waals surface area contributed by atoms with Gasteiger partial charge in [-0.25, -0.2) is 0 Å². The molecule has 1 aliphatic heterocycles. The van der Waals surface area contributed by atoms with Gasteiger partial charge in [-0.3, -0.25) is 9.59 Å². The molecule has 0 aliphatic carbocycles. The van der Waals surface area contributed by atoms with Crippen molar-refractivity contribution >= 4 is 41.5 Å². The van der Waals surface area contributed by atoms with E-state index in [1.807, 2.05) is 20.8 Å². The number of carbonyl (C=O) groups excluding carboxylic acids is 2. The highest BCUT2D eigenvalue weighted by atomic mass is 35.5. The molecule has 0 aromatic heterocycles. The second-order valence-corrected chi connectivity index (χ2v) is 7.84. The van der Waals surface area contributed by atoms with Crippen molar-refractivity contribution in [1.82, 2.24) is 5.32 Å². The van der Waals surface area contributed by atoms with E-state index in [0.717, 1.165) is 6.42 Å². The normalized spacial score (nSPS) is 16.2. The topological polar surface area (TPSA) is 93.5 Å². The van der Waals surface area contributed by atoms with Crippen LogP contribution in [0.15, 0.2) is 18.2 Å². The van der Waals surface area contributed by atoms with Gasteiger partial charge in [-0.15, -0.1) is 12.4 Å². The molecule has 1 aliphatic rings. The summed E-state index contributed by atoms with van der Waals surface area (Å²) in [4.78, 5) is 25.1. The van der Waals surface area contributed by atoms with Crippen molar-refractivity contribution in [3.8, 4) is 0 Å². The molecule has 8 heteroatoms. The third-order valence-electron chi connectivity index (χ3n) is 5.13. The molecule has 1 aromatic rings. The van der Waals surface area contributed by atoms with Crippen molar-refractivity contribution in [2.24, 2.45) is 11.1 Å². The molecule has 1 heterocycles. The van der Waals surface area contributed by atoms with Crippen molar-refractivity contribution in [2.75, 3.05) is 25.1 Å². The molecule has 0 bridgehead atoms. The maximum absolute atomic E-state index is 12.7. The van der Waals surface area contributed by atoms with E-state index in [1.54, 1.807) is 18.2 Å². The summed E-state index contributed by atoms with van der Waals surface area (Å²) in [6.07, 6.45) is 1.99. The van der Waals surface area contributed by atoms with Gasteiger partial charge in [-0.1, -0.05) is 18.5 Å². The Bertz CT molecular complexity index is 674. The molecule has 152 valence electrons. The number of hydrogen-bond acceptors (Lipinski definition) is 4. The van der Waals surface area contributed by atoms with Crippen LogP contribution in [0.5, 0.6) is 0 Å². The van der Waals surface area contributed by atoms with Gasteiger partial charge in [-0.2, -0.15) is 0 Å². The number of nitrogens with two attached hydrogens (primary N) is 1. The second kappa shape index (κ2) is 9.73. The quantitative estimate of drug-likeness (QED) is 0.660. The summed E-state index contributed by atoms with van der Waals surface area (Å²) in [5.41, 5.74) is 5.86. The summed E-state index contributed by atoms with van der Waals surface area (Å²) < 4.78 is 5.34. The SMILES string of the molecule is CCC(C)(C)NC(=O)c1ccc(NC(=O)C2(CN)CCOCC2)cc1Cl.Cl. The largest absolute Gasteiger partial charge is 0.381 e. The maximum Gasteiger partial charge on any atom is 0.253 e. The predicted molar refractivity (Wildman–Crippen MR) is 111 cm³/mol. The van der Waals surface area contributed by atoms with E-state index in [4.69, 9.17) is 22.1 Å². The van der Waals surface area contributed by atoms with E-state index in [9.17, 15) is 9.59 Å². The number of rotatable bonds is 6. The summed E-state index contributed by atoms with van der Waals surface area (Å²) in [5.74, 6) is -0.369. The molecule has 0 radical (unpaired) electrons. The zero-order valence-corrected chi connectivity index (χ0v) is 17.6. The highest BCUT2D eigenvalue weighted by molar-refractivity contribution is 6.34. The predicted octanol–water partition coefficient (Wildman–Crippen LogP) is 3.37. The van der Waals surface area contributed by atoms with Crippen LogP contribution >= 0.6 is 24.0 Å². The molecule has 2 amide bonds. The molecular weight excluding hydrogens is 389 g/mol. The molecule has 6 nitrogen and oxygen atoms in total. The average molecular weight is 418 g/mol.